The monoisotopic (exact) mass is 317 g/mol. The molecule has 1 amide bonds. The zero-order chi connectivity index (χ0) is 12.8. The fourth-order valence-electron chi connectivity index (χ4n) is 1.63. The Hall–Kier alpha value is -0.350. The molecule has 0 saturated carbocycles. The van der Waals surface area contributed by atoms with Crippen LogP contribution in [0.1, 0.15) is 42.0 Å². The van der Waals surface area contributed by atoms with Crippen LogP contribution in [-0.2, 0) is 4.79 Å². The molecule has 0 bridgehead atoms. The van der Waals surface area contributed by atoms with Crippen LogP contribution >= 0.6 is 27.3 Å². The van der Waals surface area contributed by atoms with Crippen molar-refractivity contribution in [3.8, 4) is 0 Å². The van der Waals surface area contributed by atoms with Crippen molar-refractivity contribution in [1.29, 1.82) is 0 Å². The number of carbonyl (C=O) groups is 1. The van der Waals surface area contributed by atoms with Crippen LogP contribution in [-0.4, -0.2) is 23.2 Å². The topological polar surface area (TPSA) is 20.3 Å². The van der Waals surface area contributed by atoms with Gasteiger partial charge in [0.2, 0.25) is 5.91 Å². The lowest BCUT2D eigenvalue weighted by molar-refractivity contribution is -0.131. The molecule has 2 nitrogen and oxygen atoms in total. The molecule has 96 valence electrons. The summed E-state index contributed by atoms with van der Waals surface area (Å²) in [5.41, 5.74) is 0. The first kappa shape index (κ1) is 14.7. The van der Waals surface area contributed by atoms with E-state index in [0.717, 1.165) is 18.2 Å². The van der Waals surface area contributed by atoms with Gasteiger partial charge in [0.1, 0.15) is 0 Å². The van der Waals surface area contributed by atoms with Crippen LogP contribution in [0.5, 0.6) is 0 Å². The number of rotatable bonds is 6. The fourth-order valence-corrected chi connectivity index (χ4v) is 3.00. The van der Waals surface area contributed by atoms with Crippen molar-refractivity contribution < 1.29 is 4.79 Å². The third kappa shape index (κ3) is 4.43. The first-order chi connectivity index (χ1) is 8.06. The lowest BCUT2D eigenvalue weighted by Crippen LogP contribution is -2.28. The van der Waals surface area contributed by atoms with Gasteiger partial charge in [0.15, 0.2) is 0 Å². The predicted molar refractivity (Wildman–Crippen MR) is 77.9 cm³/mol. The van der Waals surface area contributed by atoms with Gasteiger partial charge in [-0.2, -0.15) is 0 Å². The number of amides is 1. The summed E-state index contributed by atoms with van der Waals surface area (Å²) < 4.78 is 0. The molecule has 0 N–H and O–H groups in total. The van der Waals surface area contributed by atoms with Gasteiger partial charge in [-0.3, -0.25) is 4.79 Å². The quantitative estimate of drug-likeness (QED) is 0.570. The van der Waals surface area contributed by atoms with Gasteiger partial charge in [0.05, 0.1) is 6.04 Å². The molecule has 1 unspecified atom stereocenters. The molecule has 0 aliphatic carbocycles. The molecule has 0 radical (unpaired) electrons. The predicted octanol–water partition coefficient (Wildman–Crippen LogP) is 4.14. The van der Waals surface area contributed by atoms with E-state index < -0.39 is 0 Å². The van der Waals surface area contributed by atoms with Gasteiger partial charge in [0, 0.05) is 28.6 Å². The summed E-state index contributed by atoms with van der Waals surface area (Å²) in [5, 5.41) is 0.976. The van der Waals surface area contributed by atoms with E-state index in [0.29, 0.717) is 6.42 Å². The molecule has 0 aromatic carbocycles. The van der Waals surface area contributed by atoms with E-state index in [4.69, 9.17) is 0 Å². The van der Waals surface area contributed by atoms with E-state index in [-0.39, 0.29) is 11.9 Å². The summed E-state index contributed by atoms with van der Waals surface area (Å²) >= 11 is 5.15. The Morgan fingerprint density at radius 1 is 1.47 bits per heavy atom. The molecular weight excluding hydrogens is 298 g/mol. The number of aryl methyl sites for hydroxylation is 1. The first-order valence-corrected chi connectivity index (χ1v) is 7.88. The van der Waals surface area contributed by atoms with Crippen LogP contribution in [0.3, 0.4) is 0 Å². The Balaban J connectivity index is 2.51. The van der Waals surface area contributed by atoms with Crippen LogP contribution in [0.15, 0.2) is 12.1 Å². The molecule has 0 saturated heterocycles. The van der Waals surface area contributed by atoms with Crippen LogP contribution in [0.25, 0.3) is 0 Å². The van der Waals surface area contributed by atoms with E-state index in [1.165, 1.54) is 9.75 Å². The Morgan fingerprint density at radius 2 is 2.18 bits per heavy atom. The summed E-state index contributed by atoms with van der Waals surface area (Å²) in [7, 11) is 1.90. The van der Waals surface area contributed by atoms with Crippen molar-refractivity contribution in [2.45, 2.75) is 39.2 Å². The Bertz CT molecular complexity index is 364. The molecule has 1 rings (SSSR count). The second-order valence-corrected chi connectivity index (χ2v) is 6.39. The highest BCUT2D eigenvalue weighted by Gasteiger charge is 2.17. The summed E-state index contributed by atoms with van der Waals surface area (Å²) in [5.74, 6) is 0.240. The van der Waals surface area contributed by atoms with Crippen LogP contribution < -0.4 is 0 Å². The van der Waals surface area contributed by atoms with Crippen LogP contribution in [0, 0.1) is 6.92 Å². The maximum absolute atomic E-state index is 12.0. The minimum atomic E-state index is 0.185. The maximum atomic E-state index is 12.0. The molecule has 17 heavy (non-hydrogen) atoms. The number of hydrogen-bond acceptors (Lipinski definition) is 2. The van der Waals surface area contributed by atoms with E-state index in [2.05, 4.69) is 41.9 Å². The molecular formula is C13H20BrNOS. The lowest BCUT2D eigenvalue weighted by atomic mass is 10.2. The van der Waals surface area contributed by atoms with E-state index in [9.17, 15) is 4.79 Å². The van der Waals surface area contributed by atoms with E-state index in [1.807, 2.05) is 11.9 Å². The standard InChI is InChI=1S/C13H20BrNOS/c1-10-7-8-12(17-10)11(2)15(3)13(16)6-4-5-9-14/h7-8,11H,4-6,9H2,1-3H3. The number of alkyl halides is 1. The second-order valence-electron chi connectivity index (χ2n) is 4.28. The maximum Gasteiger partial charge on any atom is 0.222 e. The van der Waals surface area contributed by atoms with Gasteiger partial charge in [-0.1, -0.05) is 15.9 Å². The van der Waals surface area contributed by atoms with Gasteiger partial charge in [-0.25, -0.2) is 0 Å². The molecule has 1 atom stereocenters. The number of unbranched alkanes of at least 4 members (excludes halogenated alkanes) is 1. The zero-order valence-corrected chi connectivity index (χ0v) is 13.1. The van der Waals surface area contributed by atoms with Crippen LogP contribution in [0.2, 0.25) is 0 Å². The minimum absolute atomic E-state index is 0.185. The normalized spacial score (nSPS) is 12.5. The molecule has 1 heterocycles. The summed E-state index contributed by atoms with van der Waals surface area (Å²) in [6.45, 7) is 4.19. The zero-order valence-electron chi connectivity index (χ0n) is 10.7. The van der Waals surface area contributed by atoms with Crippen molar-refractivity contribution in [1.82, 2.24) is 4.90 Å². The van der Waals surface area contributed by atoms with Crippen molar-refractivity contribution in [2.24, 2.45) is 0 Å². The SMILES string of the molecule is Cc1ccc(C(C)N(C)C(=O)CCCCBr)s1. The third-order valence-corrected chi connectivity index (χ3v) is 4.65. The molecule has 0 fully saturated rings. The molecule has 0 spiro atoms. The van der Waals surface area contributed by atoms with Crippen molar-refractivity contribution >= 4 is 33.2 Å². The highest BCUT2D eigenvalue weighted by molar-refractivity contribution is 9.09. The second kappa shape index (κ2) is 7.17. The molecule has 1 aromatic rings. The van der Waals surface area contributed by atoms with Gasteiger partial charge < -0.3 is 4.90 Å². The van der Waals surface area contributed by atoms with Crippen molar-refractivity contribution in [3.63, 3.8) is 0 Å². The molecule has 0 aliphatic heterocycles. The van der Waals surface area contributed by atoms with Gasteiger partial charge in [0.25, 0.3) is 0 Å². The molecule has 4 heteroatoms. The van der Waals surface area contributed by atoms with E-state index >= 15 is 0 Å². The number of hydrogen-bond donors (Lipinski definition) is 0. The number of halogens is 1. The lowest BCUT2D eigenvalue weighted by Gasteiger charge is -2.24. The number of nitrogens with zero attached hydrogens (tertiary/aromatic N) is 1. The van der Waals surface area contributed by atoms with Gasteiger partial charge in [-0.15, -0.1) is 11.3 Å². The Labute approximate surface area is 116 Å². The fraction of sp³-hybridized carbons (Fsp3) is 0.615. The smallest absolute Gasteiger partial charge is 0.222 e. The molecule has 0 aliphatic rings. The summed E-state index contributed by atoms with van der Waals surface area (Å²) in [4.78, 5) is 16.4. The van der Waals surface area contributed by atoms with Gasteiger partial charge >= 0.3 is 0 Å². The Morgan fingerprint density at radius 3 is 2.71 bits per heavy atom. The molecule has 1 aromatic heterocycles. The average molecular weight is 318 g/mol. The highest BCUT2D eigenvalue weighted by Crippen LogP contribution is 2.26. The number of thiophene rings is 1. The van der Waals surface area contributed by atoms with Crippen LogP contribution in [0.4, 0.5) is 0 Å². The number of carbonyl (C=O) groups excluding carboxylic acids is 1. The van der Waals surface area contributed by atoms with Gasteiger partial charge in [-0.05, 0) is 38.8 Å². The highest BCUT2D eigenvalue weighted by atomic mass is 79.9. The van der Waals surface area contributed by atoms with Crippen molar-refractivity contribution in [3.05, 3.63) is 21.9 Å². The van der Waals surface area contributed by atoms with E-state index in [1.54, 1.807) is 11.3 Å². The first-order valence-electron chi connectivity index (χ1n) is 5.94. The summed E-state index contributed by atoms with van der Waals surface area (Å²) in [6, 6.07) is 4.41. The average Bonchev–Trinajstić information content (AvgIpc) is 2.74. The largest absolute Gasteiger partial charge is 0.338 e. The van der Waals surface area contributed by atoms with Crippen molar-refractivity contribution in [2.75, 3.05) is 12.4 Å². The Kier molecular flexibility index (Phi) is 6.20. The minimum Gasteiger partial charge on any atom is -0.338 e. The third-order valence-electron chi connectivity index (χ3n) is 2.92. The summed E-state index contributed by atoms with van der Waals surface area (Å²) in [6.07, 6.45) is 2.67.